The molecule has 2 rings (SSSR count). The minimum atomic E-state index is -0.388. The predicted molar refractivity (Wildman–Crippen MR) is 62.2 cm³/mol. The molecular formula is C12H14N2O3. The highest BCUT2D eigenvalue weighted by atomic mass is 16.5. The zero-order valence-electron chi connectivity index (χ0n) is 9.55. The Morgan fingerprint density at radius 1 is 1.53 bits per heavy atom. The number of ether oxygens (including phenoxy) is 1. The van der Waals surface area contributed by atoms with Crippen molar-refractivity contribution in [3.05, 3.63) is 30.2 Å². The van der Waals surface area contributed by atoms with E-state index in [2.05, 4.69) is 9.72 Å². The summed E-state index contributed by atoms with van der Waals surface area (Å²) in [5.74, 6) is 0.173. The Kier molecular flexibility index (Phi) is 3.39. The normalized spacial score (nSPS) is 12.6. The van der Waals surface area contributed by atoms with Crippen LogP contribution < -0.4 is 5.73 Å². The summed E-state index contributed by atoms with van der Waals surface area (Å²) in [5, 5.41) is 0. The molecule has 0 fully saturated rings. The lowest BCUT2D eigenvalue weighted by molar-refractivity contribution is -0.140. The summed E-state index contributed by atoms with van der Waals surface area (Å²) in [6, 6.07) is 7.06. The third kappa shape index (κ3) is 2.62. The maximum Gasteiger partial charge on any atom is 0.305 e. The fourth-order valence-electron chi connectivity index (χ4n) is 1.55. The fourth-order valence-corrected chi connectivity index (χ4v) is 1.55. The third-order valence-electron chi connectivity index (χ3n) is 2.51. The number of esters is 1. The van der Waals surface area contributed by atoms with Crippen molar-refractivity contribution in [3.8, 4) is 0 Å². The Bertz CT molecular complexity index is 488. The number of hydrogen-bond donors (Lipinski definition) is 1. The number of fused-ring (bicyclic) bond motifs is 1. The molecule has 0 aliphatic heterocycles. The molecule has 5 nitrogen and oxygen atoms in total. The van der Waals surface area contributed by atoms with Gasteiger partial charge in [0.15, 0.2) is 5.58 Å². The summed E-state index contributed by atoms with van der Waals surface area (Å²) in [6.07, 6.45) is 0.718. The van der Waals surface area contributed by atoms with Crippen molar-refractivity contribution in [1.29, 1.82) is 0 Å². The molecule has 1 heterocycles. The van der Waals surface area contributed by atoms with Crippen LogP contribution in [0.2, 0.25) is 0 Å². The van der Waals surface area contributed by atoms with E-state index in [9.17, 15) is 4.79 Å². The summed E-state index contributed by atoms with van der Waals surface area (Å²) in [7, 11) is 1.35. The number of hydrogen-bond acceptors (Lipinski definition) is 5. The molecule has 0 bridgehead atoms. The van der Waals surface area contributed by atoms with Crippen LogP contribution in [-0.2, 0) is 9.53 Å². The summed E-state index contributed by atoms with van der Waals surface area (Å²) < 4.78 is 10.1. The molecule has 0 spiro atoms. The number of nitrogens with two attached hydrogens (primary N) is 1. The van der Waals surface area contributed by atoms with Crippen molar-refractivity contribution in [2.45, 2.75) is 18.9 Å². The molecule has 0 saturated heterocycles. The first-order valence-electron chi connectivity index (χ1n) is 5.38. The third-order valence-corrected chi connectivity index (χ3v) is 2.51. The quantitative estimate of drug-likeness (QED) is 0.816. The van der Waals surface area contributed by atoms with Crippen molar-refractivity contribution < 1.29 is 13.9 Å². The van der Waals surface area contributed by atoms with Crippen LogP contribution >= 0.6 is 0 Å². The van der Waals surface area contributed by atoms with E-state index < -0.39 is 0 Å². The molecule has 1 aromatic carbocycles. The van der Waals surface area contributed by atoms with Gasteiger partial charge in [-0.1, -0.05) is 12.1 Å². The second kappa shape index (κ2) is 4.97. The minimum absolute atomic E-state index is 0.260. The van der Waals surface area contributed by atoms with Crippen LogP contribution in [-0.4, -0.2) is 18.1 Å². The van der Waals surface area contributed by atoms with Crippen molar-refractivity contribution in [2.24, 2.45) is 5.73 Å². The van der Waals surface area contributed by atoms with E-state index in [0.29, 0.717) is 17.9 Å². The van der Waals surface area contributed by atoms with Crippen molar-refractivity contribution in [2.75, 3.05) is 7.11 Å². The zero-order chi connectivity index (χ0) is 12.3. The molecule has 0 aliphatic rings. The van der Waals surface area contributed by atoms with Gasteiger partial charge in [-0.25, -0.2) is 4.98 Å². The van der Waals surface area contributed by atoms with Gasteiger partial charge in [0.1, 0.15) is 5.52 Å². The number of carbonyl (C=O) groups excluding carboxylic acids is 1. The SMILES string of the molecule is COC(=O)CC[C@H](N)c1nc2ccccc2o1. The summed E-state index contributed by atoms with van der Waals surface area (Å²) in [6.45, 7) is 0. The van der Waals surface area contributed by atoms with Crippen LogP contribution in [0.25, 0.3) is 11.1 Å². The average Bonchev–Trinajstić information content (AvgIpc) is 2.79. The van der Waals surface area contributed by atoms with E-state index in [1.165, 1.54) is 7.11 Å². The number of methoxy groups -OCH3 is 1. The molecular weight excluding hydrogens is 220 g/mol. The zero-order valence-corrected chi connectivity index (χ0v) is 9.55. The van der Waals surface area contributed by atoms with E-state index in [-0.39, 0.29) is 18.4 Å². The molecule has 1 atom stereocenters. The Labute approximate surface area is 98.6 Å². The summed E-state index contributed by atoms with van der Waals surface area (Å²) >= 11 is 0. The molecule has 2 aromatic rings. The fraction of sp³-hybridized carbons (Fsp3) is 0.333. The largest absolute Gasteiger partial charge is 0.469 e. The molecule has 5 heteroatoms. The van der Waals surface area contributed by atoms with E-state index in [0.717, 1.165) is 5.52 Å². The highest BCUT2D eigenvalue weighted by molar-refractivity contribution is 5.72. The van der Waals surface area contributed by atoms with Crippen molar-refractivity contribution in [3.63, 3.8) is 0 Å². The molecule has 0 radical (unpaired) electrons. The molecule has 0 amide bonds. The van der Waals surface area contributed by atoms with E-state index in [1.807, 2.05) is 24.3 Å². The predicted octanol–water partition coefficient (Wildman–Crippen LogP) is 1.78. The van der Waals surface area contributed by atoms with Crippen LogP contribution in [0.4, 0.5) is 0 Å². The molecule has 0 unspecified atom stereocenters. The molecule has 1 aromatic heterocycles. The second-order valence-electron chi connectivity index (χ2n) is 3.74. The molecule has 2 N–H and O–H groups in total. The smallest absolute Gasteiger partial charge is 0.305 e. The van der Waals surface area contributed by atoms with Crippen molar-refractivity contribution in [1.82, 2.24) is 4.98 Å². The lowest BCUT2D eigenvalue weighted by Crippen LogP contribution is -2.13. The first-order chi connectivity index (χ1) is 8.20. The number of oxazole rings is 1. The van der Waals surface area contributed by atoms with Gasteiger partial charge < -0.3 is 14.9 Å². The van der Waals surface area contributed by atoms with Gasteiger partial charge in [-0.3, -0.25) is 4.79 Å². The molecule has 0 saturated carbocycles. The summed E-state index contributed by atoms with van der Waals surface area (Å²) in [4.78, 5) is 15.3. The van der Waals surface area contributed by atoms with Crippen LogP contribution in [0, 0.1) is 0 Å². The van der Waals surface area contributed by atoms with Crippen LogP contribution in [0.5, 0.6) is 0 Å². The van der Waals surface area contributed by atoms with Gasteiger partial charge in [0.05, 0.1) is 13.2 Å². The lowest BCUT2D eigenvalue weighted by Gasteiger charge is -2.05. The number of nitrogens with zero attached hydrogens (tertiary/aromatic N) is 1. The van der Waals surface area contributed by atoms with Gasteiger partial charge in [-0.15, -0.1) is 0 Å². The van der Waals surface area contributed by atoms with Gasteiger partial charge in [0.25, 0.3) is 0 Å². The Morgan fingerprint density at radius 3 is 3.00 bits per heavy atom. The van der Waals surface area contributed by atoms with E-state index >= 15 is 0 Å². The lowest BCUT2D eigenvalue weighted by atomic mass is 10.2. The van der Waals surface area contributed by atoms with Gasteiger partial charge in [-0.05, 0) is 18.6 Å². The van der Waals surface area contributed by atoms with Gasteiger partial charge in [0, 0.05) is 6.42 Å². The number of aromatic nitrogens is 1. The van der Waals surface area contributed by atoms with Crippen LogP contribution in [0.1, 0.15) is 24.8 Å². The van der Waals surface area contributed by atoms with E-state index in [1.54, 1.807) is 0 Å². The van der Waals surface area contributed by atoms with Gasteiger partial charge in [-0.2, -0.15) is 0 Å². The Hall–Kier alpha value is -1.88. The van der Waals surface area contributed by atoms with Crippen molar-refractivity contribution >= 4 is 17.1 Å². The summed E-state index contributed by atoms with van der Waals surface area (Å²) in [5.41, 5.74) is 7.38. The number of para-hydroxylation sites is 2. The van der Waals surface area contributed by atoms with Gasteiger partial charge in [0.2, 0.25) is 5.89 Å². The average molecular weight is 234 g/mol. The number of benzene rings is 1. The topological polar surface area (TPSA) is 78.4 Å². The number of rotatable bonds is 4. The first-order valence-corrected chi connectivity index (χ1v) is 5.38. The van der Waals surface area contributed by atoms with Gasteiger partial charge >= 0.3 is 5.97 Å². The highest BCUT2D eigenvalue weighted by Crippen LogP contribution is 2.21. The Morgan fingerprint density at radius 2 is 2.29 bits per heavy atom. The minimum Gasteiger partial charge on any atom is -0.469 e. The van der Waals surface area contributed by atoms with Crippen LogP contribution in [0.15, 0.2) is 28.7 Å². The second-order valence-corrected chi connectivity index (χ2v) is 3.74. The monoisotopic (exact) mass is 234 g/mol. The van der Waals surface area contributed by atoms with Crippen LogP contribution in [0.3, 0.4) is 0 Å². The molecule has 0 aliphatic carbocycles. The number of carbonyl (C=O) groups is 1. The van der Waals surface area contributed by atoms with E-state index in [4.69, 9.17) is 10.2 Å². The standard InChI is InChI=1S/C12H14N2O3/c1-16-11(15)7-6-8(13)12-14-9-4-2-3-5-10(9)17-12/h2-5,8H,6-7,13H2,1H3/t8-/m0/s1. The highest BCUT2D eigenvalue weighted by Gasteiger charge is 2.15. The Balaban J connectivity index is 2.08. The molecule has 90 valence electrons. The maximum atomic E-state index is 11.0. The first kappa shape index (κ1) is 11.6. The maximum absolute atomic E-state index is 11.0. The molecule has 17 heavy (non-hydrogen) atoms.